The molecular formula is C13H19NO3. The number of imide groups is 1. The maximum atomic E-state index is 11.3. The first-order valence-electron chi connectivity index (χ1n) is 6.30. The summed E-state index contributed by atoms with van der Waals surface area (Å²) in [5, 5.41) is 2.21. The van der Waals surface area contributed by atoms with E-state index in [1.165, 1.54) is 31.8 Å². The summed E-state index contributed by atoms with van der Waals surface area (Å²) in [6.45, 7) is 3.21. The molecule has 0 aromatic carbocycles. The minimum atomic E-state index is -0.334. The van der Waals surface area contributed by atoms with Crippen LogP contribution in [0.2, 0.25) is 0 Å². The molecule has 1 aliphatic heterocycles. The van der Waals surface area contributed by atoms with Crippen LogP contribution in [0.4, 0.5) is 0 Å². The second-order valence-electron chi connectivity index (χ2n) is 5.02. The van der Waals surface area contributed by atoms with Crippen LogP contribution in [-0.2, 0) is 14.3 Å². The SMILES string of the molecule is CC1CCCC[C@@H]1COCC1=CC(=O)NC1=O. The van der Waals surface area contributed by atoms with Crippen molar-refractivity contribution in [2.75, 3.05) is 13.2 Å². The first kappa shape index (κ1) is 12.3. The van der Waals surface area contributed by atoms with Gasteiger partial charge in [0.25, 0.3) is 11.8 Å². The first-order chi connectivity index (χ1) is 8.16. The molecule has 17 heavy (non-hydrogen) atoms. The van der Waals surface area contributed by atoms with Gasteiger partial charge in [-0.15, -0.1) is 0 Å². The molecule has 0 spiro atoms. The van der Waals surface area contributed by atoms with Crippen LogP contribution < -0.4 is 5.32 Å². The largest absolute Gasteiger partial charge is 0.376 e. The molecule has 0 aromatic rings. The molecule has 0 radical (unpaired) electrons. The summed E-state index contributed by atoms with van der Waals surface area (Å²) < 4.78 is 5.56. The van der Waals surface area contributed by atoms with Gasteiger partial charge in [-0.25, -0.2) is 0 Å². The van der Waals surface area contributed by atoms with Crippen LogP contribution in [0, 0.1) is 11.8 Å². The van der Waals surface area contributed by atoms with Crippen LogP contribution in [0.15, 0.2) is 11.6 Å². The molecule has 2 atom stereocenters. The van der Waals surface area contributed by atoms with Gasteiger partial charge in [-0.05, 0) is 18.3 Å². The van der Waals surface area contributed by atoms with Gasteiger partial charge in [0.15, 0.2) is 0 Å². The Labute approximate surface area is 101 Å². The Morgan fingerprint density at radius 1 is 1.35 bits per heavy atom. The second-order valence-corrected chi connectivity index (χ2v) is 5.02. The Kier molecular flexibility index (Phi) is 3.94. The summed E-state index contributed by atoms with van der Waals surface area (Å²) in [5.41, 5.74) is 0.443. The smallest absolute Gasteiger partial charge is 0.256 e. The van der Waals surface area contributed by atoms with Crippen molar-refractivity contribution in [3.05, 3.63) is 11.6 Å². The van der Waals surface area contributed by atoms with E-state index in [0.717, 1.165) is 0 Å². The number of ether oxygens (including phenoxy) is 1. The summed E-state index contributed by atoms with van der Waals surface area (Å²) in [6, 6.07) is 0. The van der Waals surface area contributed by atoms with E-state index in [1.54, 1.807) is 0 Å². The van der Waals surface area contributed by atoms with Gasteiger partial charge in [0.05, 0.1) is 13.2 Å². The normalized spacial score (nSPS) is 29.1. The van der Waals surface area contributed by atoms with Gasteiger partial charge in [-0.3, -0.25) is 14.9 Å². The molecule has 2 amide bonds. The van der Waals surface area contributed by atoms with Crippen molar-refractivity contribution in [2.24, 2.45) is 11.8 Å². The summed E-state index contributed by atoms with van der Waals surface area (Å²) in [5.74, 6) is 0.660. The van der Waals surface area contributed by atoms with E-state index in [2.05, 4.69) is 12.2 Å². The lowest BCUT2D eigenvalue weighted by Gasteiger charge is -2.28. The molecule has 0 bridgehead atoms. The Morgan fingerprint density at radius 3 is 2.76 bits per heavy atom. The van der Waals surface area contributed by atoms with Crippen molar-refractivity contribution in [1.82, 2.24) is 5.32 Å². The zero-order valence-corrected chi connectivity index (χ0v) is 10.2. The predicted octanol–water partition coefficient (Wildman–Crippen LogP) is 1.41. The molecule has 0 saturated heterocycles. The van der Waals surface area contributed by atoms with Crippen molar-refractivity contribution < 1.29 is 14.3 Å². The average molecular weight is 237 g/mol. The molecule has 1 N–H and O–H groups in total. The lowest BCUT2D eigenvalue weighted by Crippen LogP contribution is -2.25. The van der Waals surface area contributed by atoms with E-state index in [1.807, 2.05) is 0 Å². The van der Waals surface area contributed by atoms with Crippen LogP contribution in [0.5, 0.6) is 0 Å². The fourth-order valence-corrected chi connectivity index (χ4v) is 2.52. The molecule has 1 unspecified atom stereocenters. The Hall–Kier alpha value is -1.16. The van der Waals surface area contributed by atoms with Crippen LogP contribution in [0.3, 0.4) is 0 Å². The highest BCUT2D eigenvalue weighted by atomic mass is 16.5. The number of hydrogen-bond donors (Lipinski definition) is 1. The fraction of sp³-hybridized carbons (Fsp3) is 0.692. The molecule has 0 aromatic heterocycles. The molecule has 4 nitrogen and oxygen atoms in total. The molecule has 2 rings (SSSR count). The van der Waals surface area contributed by atoms with Gasteiger partial charge in [-0.1, -0.05) is 26.2 Å². The lowest BCUT2D eigenvalue weighted by atomic mass is 9.81. The van der Waals surface area contributed by atoms with Crippen molar-refractivity contribution >= 4 is 11.8 Å². The van der Waals surface area contributed by atoms with E-state index in [9.17, 15) is 9.59 Å². The zero-order chi connectivity index (χ0) is 12.3. The van der Waals surface area contributed by atoms with E-state index >= 15 is 0 Å². The Bertz CT molecular complexity index is 349. The third kappa shape index (κ3) is 3.16. The number of carbonyl (C=O) groups excluding carboxylic acids is 2. The van der Waals surface area contributed by atoms with E-state index in [4.69, 9.17) is 4.74 Å². The van der Waals surface area contributed by atoms with Gasteiger partial charge < -0.3 is 4.74 Å². The van der Waals surface area contributed by atoms with Gasteiger partial charge in [0, 0.05) is 11.6 Å². The van der Waals surface area contributed by atoms with Crippen LogP contribution in [-0.4, -0.2) is 25.0 Å². The van der Waals surface area contributed by atoms with Crippen LogP contribution in [0.1, 0.15) is 32.6 Å². The summed E-state index contributed by atoms with van der Waals surface area (Å²) in [4.78, 5) is 22.2. The van der Waals surface area contributed by atoms with Gasteiger partial charge in [0.2, 0.25) is 0 Å². The van der Waals surface area contributed by atoms with Crippen LogP contribution >= 0.6 is 0 Å². The Balaban J connectivity index is 1.74. The average Bonchev–Trinajstić information content (AvgIpc) is 2.60. The third-order valence-corrected chi connectivity index (χ3v) is 3.71. The minimum absolute atomic E-state index is 0.251. The van der Waals surface area contributed by atoms with Gasteiger partial charge in [-0.2, -0.15) is 0 Å². The second kappa shape index (κ2) is 5.45. The quantitative estimate of drug-likeness (QED) is 0.752. The molecule has 1 heterocycles. The topological polar surface area (TPSA) is 55.4 Å². The standard InChI is InChI=1S/C13H19NO3/c1-9-4-2-3-5-10(9)7-17-8-11-6-12(15)14-13(11)16/h6,9-10H,2-5,7-8H2,1H3,(H,14,15,16)/t9?,10-/m1/s1. The third-order valence-electron chi connectivity index (χ3n) is 3.71. The predicted molar refractivity (Wildman–Crippen MR) is 63.2 cm³/mol. The van der Waals surface area contributed by atoms with E-state index < -0.39 is 0 Å². The number of rotatable bonds is 4. The van der Waals surface area contributed by atoms with Crippen molar-refractivity contribution in [1.29, 1.82) is 0 Å². The van der Waals surface area contributed by atoms with E-state index in [-0.39, 0.29) is 18.4 Å². The summed E-state index contributed by atoms with van der Waals surface area (Å²) in [7, 11) is 0. The van der Waals surface area contributed by atoms with Gasteiger partial charge in [0.1, 0.15) is 0 Å². The van der Waals surface area contributed by atoms with E-state index in [0.29, 0.717) is 24.0 Å². The molecular weight excluding hydrogens is 218 g/mol. The lowest BCUT2D eigenvalue weighted by molar-refractivity contribution is -0.124. The molecule has 1 aliphatic carbocycles. The highest BCUT2D eigenvalue weighted by Crippen LogP contribution is 2.29. The molecule has 2 aliphatic rings. The number of hydrogen-bond acceptors (Lipinski definition) is 3. The monoisotopic (exact) mass is 237 g/mol. The highest BCUT2D eigenvalue weighted by Gasteiger charge is 2.23. The minimum Gasteiger partial charge on any atom is -0.376 e. The first-order valence-corrected chi connectivity index (χ1v) is 6.30. The molecule has 94 valence electrons. The molecule has 4 heteroatoms. The maximum absolute atomic E-state index is 11.3. The number of carbonyl (C=O) groups is 2. The van der Waals surface area contributed by atoms with Crippen molar-refractivity contribution in [3.63, 3.8) is 0 Å². The summed E-state index contributed by atoms with van der Waals surface area (Å²) >= 11 is 0. The zero-order valence-electron chi connectivity index (χ0n) is 10.2. The highest BCUT2D eigenvalue weighted by molar-refractivity contribution is 6.16. The Morgan fingerprint density at radius 2 is 2.12 bits per heavy atom. The maximum Gasteiger partial charge on any atom is 0.256 e. The fourth-order valence-electron chi connectivity index (χ4n) is 2.52. The van der Waals surface area contributed by atoms with Crippen molar-refractivity contribution in [3.8, 4) is 0 Å². The van der Waals surface area contributed by atoms with Crippen molar-refractivity contribution in [2.45, 2.75) is 32.6 Å². The summed E-state index contributed by atoms with van der Waals surface area (Å²) in [6.07, 6.45) is 6.41. The van der Waals surface area contributed by atoms with Gasteiger partial charge >= 0.3 is 0 Å². The molecule has 1 fully saturated rings. The molecule has 1 saturated carbocycles. The van der Waals surface area contributed by atoms with Crippen LogP contribution in [0.25, 0.3) is 0 Å². The number of nitrogens with one attached hydrogen (secondary N) is 1. The number of amides is 2.